The van der Waals surface area contributed by atoms with Crippen molar-refractivity contribution in [2.75, 3.05) is 0 Å². The van der Waals surface area contributed by atoms with Gasteiger partial charge in [0.05, 0.1) is 11.7 Å². The second-order valence-corrected chi connectivity index (χ2v) is 7.02. The summed E-state index contributed by atoms with van der Waals surface area (Å²) < 4.78 is 0. The van der Waals surface area contributed by atoms with Gasteiger partial charge in [-0.25, -0.2) is 0 Å². The number of hydrogen-bond acceptors (Lipinski definition) is 2. The molecule has 1 aliphatic rings. The maximum atomic E-state index is 12.7. The number of nitrogens with zero attached hydrogens (tertiary/aromatic N) is 1. The molecule has 0 radical (unpaired) electrons. The van der Waals surface area contributed by atoms with E-state index in [2.05, 4.69) is 33.7 Å². The van der Waals surface area contributed by atoms with E-state index in [1.807, 2.05) is 44.2 Å². The summed E-state index contributed by atoms with van der Waals surface area (Å²) in [6.07, 6.45) is 3.55. The van der Waals surface area contributed by atoms with Crippen LogP contribution in [0.4, 0.5) is 0 Å². The summed E-state index contributed by atoms with van der Waals surface area (Å²) in [6, 6.07) is 16.4. The quantitative estimate of drug-likeness (QED) is 0.738. The van der Waals surface area contributed by atoms with Crippen LogP contribution in [0.1, 0.15) is 52.1 Å². The van der Waals surface area contributed by atoms with Crippen LogP contribution in [0.2, 0.25) is 0 Å². The maximum absolute atomic E-state index is 12.7. The van der Waals surface area contributed by atoms with E-state index in [0.29, 0.717) is 5.69 Å². The summed E-state index contributed by atoms with van der Waals surface area (Å²) in [7, 11) is 0. The lowest BCUT2D eigenvalue weighted by Crippen LogP contribution is -2.27. The Morgan fingerprint density at radius 1 is 1.12 bits per heavy atom. The van der Waals surface area contributed by atoms with Gasteiger partial charge < -0.3 is 5.32 Å². The smallest absolute Gasteiger partial charge is 0.270 e. The Labute approximate surface area is 153 Å². The molecule has 132 valence electrons. The van der Waals surface area contributed by atoms with E-state index < -0.39 is 0 Å². The van der Waals surface area contributed by atoms with E-state index in [-0.39, 0.29) is 11.9 Å². The van der Waals surface area contributed by atoms with Crippen LogP contribution in [0.25, 0.3) is 11.3 Å². The molecule has 4 rings (SSSR count). The molecule has 0 aliphatic heterocycles. The summed E-state index contributed by atoms with van der Waals surface area (Å²) >= 11 is 0. The molecular weight excluding hydrogens is 322 g/mol. The molecule has 0 bridgehead atoms. The highest BCUT2D eigenvalue weighted by Gasteiger charge is 2.20. The third kappa shape index (κ3) is 3.03. The molecular formula is C22H23N3O. The maximum Gasteiger partial charge on any atom is 0.270 e. The lowest BCUT2D eigenvalue weighted by Gasteiger charge is -2.15. The van der Waals surface area contributed by atoms with E-state index >= 15 is 0 Å². The summed E-state index contributed by atoms with van der Waals surface area (Å²) in [5.41, 5.74) is 7.25. The molecule has 4 heteroatoms. The molecule has 2 aromatic carbocycles. The average molecular weight is 345 g/mol. The van der Waals surface area contributed by atoms with E-state index in [1.165, 1.54) is 24.0 Å². The number of nitrogens with one attached hydrogen (secondary N) is 2. The van der Waals surface area contributed by atoms with Crippen molar-refractivity contribution in [1.29, 1.82) is 0 Å². The Morgan fingerprint density at radius 3 is 2.69 bits per heavy atom. The van der Waals surface area contributed by atoms with E-state index in [0.717, 1.165) is 28.8 Å². The van der Waals surface area contributed by atoms with Gasteiger partial charge in [0.15, 0.2) is 0 Å². The first-order chi connectivity index (χ1) is 12.6. The monoisotopic (exact) mass is 345 g/mol. The van der Waals surface area contributed by atoms with Crippen molar-refractivity contribution in [1.82, 2.24) is 15.5 Å². The molecule has 1 aliphatic carbocycles. The lowest BCUT2D eigenvalue weighted by atomic mass is 10.0. The Kier molecular flexibility index (Phi) is 4.33. The van der Waals surface area contributed by atoms with Crippen molar-refractivity contribution in [2.45, 2.75) is 39.2 Å². The van der Waals surface area contributed by atoms with Crippen LogP contribution < -0.4 is 5.32 Å². The third-order valence-electron chi connectivity index (χ3n) is 5.25. The second kappa shape index (κ2) is 6.79. The van der Waals surface area contributed by atoms with Gasteiger partial charge in [-0.1, -0.05) is 48.5 Å². The molecule has 3 aromatic rings. The molecule has 4 nitrogen and oxygen atoms in total. The number of carbonyl (C=O) groups excluding carboxylic acids is 1. The molecule has 0 saturated carbocycles. The number of amides is 1. The fourth-order valence-electron chi connectivity index (χ4n) is 3.71. The van der Waals surface area contributed by atoms with Crippen molar-refractivity contribution in [3.63, 3.8) is 0 Å². The number of H-pyrrole nitrogens is 1. The van der Waals surface area contributed by atoms with Gasteiger partial charge in [-0.05, 0) is 49.8 Å². The zero-order chi connectivity index (χ0) is 18.1. The van der Waals surface area contributed by atoms with Gasteiger partial charge in [-0.2, -0.15) is 5.10 Å². The number of benzene rings is 2. The van der Waals surface area contributed by atoms with Gasteiger partial charge in [-0.15, -0.1) is 0 Å². The van der Waals surface area contributed by atoms with Crippen LogP contribution in [0, 0.1) is 6.92 Å². The van der Waals surface area contributed by atoms with Crippen molar-refractivity contribution >= 4 is 5.91 Å². The number of aromatic amines is 1. The van der Waals surface area contributed by atoms with Crippen molar-refractivity contribution in [3.05, 3.63) is 76.5 Å². The van der Waals surface area contributed by atoms with Gasteiger partial charge in [0.25, 0.3) is 5.91 Å². The molecule has 1 atom stereocenters. The molecule has 0 spiro atoms. The van der Waals surface area contributed by atoms with Gasteiger partial charge in [-0.3, -0.25) is 9.89 Å². The average Bonchev–Trinajstić information content (AvgIpc) is 3.28. The number of carbonyl (C=O) groups is 1. The topological polar surface area (TPSA) is 57.8 Å². The van der Waals surface area contributed by atoms with E-state index in [9.17, 15) is 4.79 Å². The number of hydrogen-bond donors (Lipinski definition) is 2. The van der Waals surface area contributed by atoms with Crippen molar-refractivity contribution in [3.8, 4) is 11.3 Å². The molecule has 26 heavy (non-hydrogen) atoms. The zero-order valence-corrected chi connectivity index (χ0v) is 15.2. The number of rotatable bonds is 4. The van der Waals surface area contributed by atoms with Gasteiger partial charge in [0, 0.05) is 11.1 Å². The first-order valence-electron chi connectivity index (χ1n) is 9.16. The largest absolute Gasteiger partial charge is 0.344 e. The normalized spacial score (nSPS) is 14.1. The van der Waals surface area contributed by atoms with Crippen LogP contribution in [0.5, 0.6) is 0 Å². The first-order valence-corrected chi connectivity index (χ1v) is 9.16. The molecule has 2 N–H and O–H groups in total. The molecule has 1 aromatic heterocycles. The fraction of sp³-hybridized carbons (Fsp3) is 0.273. The second-order valence-electron chi connectivity index (χ2n) is 7.02. The van der Waals surface area contributed by atoms with Gasteiger partial charge in [0.1, 0.15) is 5.69 Å². The predicted octanol–water partition coefficient (Wildman–Crippen LogP) is 4.36. The minimum atomic E-state index is -0.120. The lowest BCUT2D eigenvalue weighted by molar-refractivity contribution is 0.0934. The molecule has 1 heterocycles. The number of aromatic nitrogens is 2. The summed E-state index contributed by atoms with van der Waals surface area (Å²) in [5, 5.41) is 10.4. The third-order valence-corrected chi connectivity index (χ3v) is 5.25. The van der Waals surface area contributed by atoms with Crippen LogP contribution in [-0.4, -0.2) is 16.1 Å². The minimum Gasteiger partial charge on any atom is -0.344 e. The summed E-state index contributed by atoms with van der Waals surface area (Å²) in [5.74, 6) is -0.120. The Balaban J connectivity index is 1.52. The molecule has 0 saturated heterocycles. The van der Waals surface area contributed by atoms with E-state index in [4.69, 9.17) is 0 Å². The molecule has 1 amide bonds. The first kappa shape index (κ1) is 16.6. The standard InChI is InChI=1S/C22H23N3O/c1-14-20(17-7-4-3-5-8-17)24-25-21(14)22(26)23-15(2)18-12-11-16-9-6-10-19(16)13-18/h3-5,7-8,11-13,15H,6,9-10H2,1-2H3,(H,23,26)(H,24,25)/t15-/m0/s1. The molecule has 0 unspecified atom stereocenters. The van der Waals surface area contributed by atoms with Crippen molar-refractivity contribution < 1.29 is 4.79 Å². The summed E-state index contributed by atoms with van der Waals surface area (Å²) in [4.78, 5) is 12.7. The van der Waals surface area contributed by atoms with Crippen LogP contribution in [0.3, 0.4) is 0 Å². The van der Waals surface area contributed by atoms with Crippen LogP contribution in [-0.2, 0) is 12.8 Å². The zero-order valence-electron chi connectivity index (χ0n) is 15.2. The Bertz CT molecular complexity index is 943. The SMILES string of the molecule is Cc1c(-c2ccccc2)n[nH]c1C(=O)N[C@@H](C)c1ccc2c(c1)CCC2. The number of fused-ring (bicyclic) bond motifs is 1. The fourth-order valence-corrected chi connectivity index (χ4v) is 3.71. The Hall–Kier alpha value is -2.88. The highest BCUT2D eigenvalue weighted by molar-refractivity contribution is 5.95. The Morgan fingerprint density at radius 2 is 1.88 bits per heavy atom. The predicted molar refractivity (Wildman–Crippen MR) is 103 cm³/mol. The summed E-state index contributed by atoms with van der Waals surface area (Å²) in [6.45, 7) is 3.96. The van der Waals surface area contributed by atoms with E-state index in [1.54, 1.807) is 0 Å². The van der Waals surface area contributed by atoms with Crippen molar-refractivity contribution in [2.24, 2.45) is 0 Å². The highest BCUT2D eigenvalue weighted by Crippen LogP contribution is 2.26. The van der Waals surface area contributed by atoms with Gasteiger partial charge >= 0.3 is 0 Å². The van der Waals surface area contributed by atoms with Crippen LogP contribution in [0.15, 0.2) is 48.5 Å². The highest BCUT2D eigenvalue weighted by atomic mass is 16.2. The minimum absolute atomic E-state index is 0.0451. The number of aryl methyl sites for hydroxylation is 2. The van der Waals surface area contributed by atoms with Crippen LogP contribution >= 0.6 is 0 Å². The molecule has 0 fully saturated rings. The van der Waals surface area contributed by atoms with Gasteiger partial charge in [0.2, 0.25) is 0 Å².